The average molecular weight is 725 g/mol. The predicted octanol–water partition coefficient (Wildman–Crippen LogP) is 7.51. The zero-order chi connectivity index (χ0) is 37.6. The number of carbonyl (C=O) groups is 2. The van der Waals surface area contributed by atoms with Gasteiger partial charge in [0.2, 0.25) is 0 Å². The lowest BCUT2D eigenvalue weighted by Gasteiger charge is -2.39. The first kappa shape index (κ1) is 39.4. The van der Waals surface area contributed by atoms with E-state index < -0.39 is 17.7 Å². The zero-order valence-corrected chi connectivity index (χ0v) is 29.2. The van der Waals surface area contributed by atoms with E-state index in [1.165, 1.54) is 5.56 Å². The second-order valence-corrected chi connectivity index (χ2v) is 12.8. The number of benzene rings is 4. The Hall–Kier alpha value is -5.43. The fourth-order valence-electron chi connectivity index (χ4n) is 4.43. The van der Waals surface area contributed by atoms with Gasteiger partial charge in [-0.05, 0) is 80.4 Å². The highest BCUT2D eigenvalue weighted by atomic mass is 19.4. The van der Waals surface area contributed by atoms with Crippen LogP contribution in [0.4, 0.5) is 18.0 Å². The normalized spacial score (nSPS) is 14.2. The maximum absolute atomic E-state index is 11.9. The van der Waals surface area contributed by atoms with Crippen molar-refractivity contribution in [2.45, 2.75) is 58.0 Å². The summed E-state index contributed by atoms with van der Waals surface area (Å²) in [6.45, 7) is 9.67. The molecular weight excluding hydrogens is 681 g/mol. The minimum absolute atomic E-state index is 0.00129. The average Bonchev–Trinajstić information content (AvgIpc) is 3.07. The number of carbonyl (C=O) groups excluding carboxylic acids is 1. The third kappa shape index (κ3) is 14.1. The first-order valence-electron chi connectivity index (χ1n) is 16.6. The van der Waals surface area contributed by atoms with Crippen LogP contribution in [-0.4, -0.2) is 72.2 Å². The highest BCUT2D eigenvalue weighted by Crippen LogP contribution is 2.24. The largest absolute Gasteiger partial charge is 0.490 e. The fourth-order valence-corrected chi connectivity index (χ4v) is 4.43. The number of nitrogens with zero attached hydrogens (tertiary/aromatic N) is 1. The molecular formula is C39H43F3N2O8. The van der Waals surface area contributed by atoms with Gasteiger partial charge in [-0.3, -0.25) is 0 Å². The van der Waals surface area contributed by atoms with Crippen molar-refractivity contribution >= 4 is 12.1 Å². The Bertz CT molecular complexity index is 1660. The first-order valence-corrected chi connectivity index (χ1v) is 16.6. The predicted molar refractivity (Wildman–Crippen MR) is 188 cm³/mol. The molecule has 6 rings (SSSR count). The smallest absolute Gasteiger partial charge is 0.489 e. The van der Waals surface area contributed by atoms with Gasteiger partial charge in [-0.2, -0.15) is 13.2 Å². The van der Waals surface area contributed by atoms with Crippen molar-refractivity contribution in [2.75, 3.05) is 26.2 Å². The van der Waals surface area contributed by atoms with Gasteiger partial charge in [-0.1, -0.05) is 60.7 Å². The molecule has 13 heteroatoms. The maximum atomic E-state index is 11.9. The van der Waals surface area contributed by atoms with Crippen molar-refractivity contribution in [1.82, 2.24) is 10.2 Å². The number of likely N-dealkylation sites (tertiary alicyclic amines) is 1. The number of aliphatic carboxylic acids is 1. The third-order valence-electron chi connectivity index (χ3n) is 7.24. The maximum Gasteiger partial charge on any atom is 0.490 e. The molecule has 0 bridgehead atoms. The van der Waals surface area contributed by atoms with Crippen LogP contribution in [-0.2, 0) is 22.7 Å². The van der Waals surface area contributed by atoms with E-state index in [0.29, 0.717) is 32.4 Å². The van der Waals surface area contributed by atoms with Crippen molar-refractivity contribution in [3.8, 4) is 23.0 Å². The number of rotatable bonds is 10. The Kier molecular flexibility index (Phi) is 14.2. The second-order valence-electron chi connectivity index (χ2n) is 12.8. The Morgan fingerprint density at radius 3 is 1.40 bits per heavy atom. The van der Waals surface area contributed by atoms with E-state index in [1.807, 2.05) is 118 Å². The monoisotopic (exact) mass is 724 g/mol. The SMILES string of the molecule is CC(C)(C)OC(=O)N1CC(Oc2ccc(OCc3ccccc3)cc2)C1.O=C(O)C(F)(F)F.c1ccc(COc2ccc(OC3CNC3)cc2)cc1. The molecule has 0 radical (unpaired) electrons. The van der Waals surface area contributed by atoms with Crippen molar-refractivity contribution in [3.05, 3.63) is 120 Å². The third-order valence-corrected chi connectivity index (χ3v) is 7.24. The molecule has 1 amide bonds. The molecule has 2 heterocycles. The number of nitrogens with one attached hydrogen (secondary N) is 1. The number of halogens is 3. The van der Waals surface area contributed by atoms with E-state index in [2.05, 4.69) is 17.4 Å². The van der Waals surface area contributed by atoms with Crippen molar-refractivity contribution in [3.63, 3.8) is 0 Å². The molecule has 278 valence electrons. The molecule has 2 N–H and O–H groups in total. The van der Waals surface area contributed by atoms with Gasteiger partial charge in [0.1, 0.15) is 54.0 Å². The van der Waals surface area contributed by atoms with Gasteiger partial charge in [0.25, 0.3) is 0 Å². The van der Waals surface area contributed by atoms with Gasteiger partial charge < -0.3 is 39.0 Å². The van der Waals surface area contributed by atoms with Crippen LogP contribution in [0.2, 0.25) is 0 Å². The van der Waals surface area contributed by atoms with Gasteiger partial charge in [-0.25, -0.2) is 9.59 Å². The summed E-state index contributed by atoms with van der Waals surface area (Å²) in [6.07, 6.45) is -5.06. The molecule has 2 fully saturated rings. The molecule has 0 aliphatic carbocycles. The standard InChI is InChI=1S/C21H25NO4.C16H17NO2.C2HF3O2/c1-21(2,3)26-20(23)22-13-19(14-22)25-18-11-9-17(10-12-18)24-15-16-7-5-4-6-8-16;1-2-4-13(5-3-1)12-18-14-6-8-15(9-7-14)19-16-10-17-11-16;3-2(4,5)1(6)7/h4-12,19H,13-15H2,1-3H3;1-9,16-17H,10-12H2;(H,6,7). The van der Waals surface area contributed by atoms with Crippen molar-refractivity contribution < 1.29 is 51.6 Å². The molecule has 4 aromatic rings. The van der Waals surface area contributed by atoms with E-state index >= 15 is 0 Å². The second kappa shape index (κ2) is 18.7. The topological polar surface area (TPSA) is 116 Å². The Morgan fingerprint density at radius 2 is 1.06 bits per heavy atom. The van der Waals surface area contributed by atoms with Crippen LogP contribution in [0.1, 0.15) is 31.9 Å². The summed E-state index contributed by atoms with van der Waals surface area (Å²) in [4.78, 5) is 22.4. The summed E-state index contributed by atoms with van der Waals surface area (Å²) >= 11 is 0. The van der Waals surface area contributed by atoms with Gasteiger partial charge in [0.05, 0.1) is 13.1 Å². The lowest BCUT2D eigenvalue weighted by molar-refractivity contribution is -0.192. The van der Waals surface area contributed by atoms with Gasteiger partial charge in [0, 0.05) is 13.1 Å². The van der Waals surface area contributed by atoms with Crippen LogP contribution in [0.3, 0.4) is 0 Å². The minimum atomic E-state index is -5.08. The fraction of sp³-hybridized carbons (Fsp3) is 0.333. The number of hydrogen-bond donors (Lipinski definition) is 2. The van der Waals surface area contributed by atoms with E-state index in [1.54, 1.807) is 4.90 Å². The van der Waals surface area contributed by atoms with E-state index in [4.69, 9.17) is 33.6 Å². The van der Waals surface area contributed by atoms with Crippen molar-refractivity contribution in [2.24, 2.45) is 0 Å². The molecule has 2 aliphatic heterocycles. The molecule has 2 aliphatic rings. The molecule has 0 unspecified atom stereocenters. The molecule has 0 aromatic heterocycles. The first-order chi connectivity index (χ1) is 24.7. The highest BCUT2D eigenvalue weighted by Gasteiger charge is 2.38. The molecule has 10 nitrogen and oxygen atoms in total. The van der Waals surface area contributed by atoms with Crippen LogP contribution in [0.5, 0.6) is 23.0 Å². The molecule has 0 saturated carbocycles. The summed E-state index contributed by atoms with van der Waals surface area (Å²) in [5.41, 5.74) is 1.83. The lowest BCUT2D eigenvalue weighted by Crippen LogP contribution is -2.57. The van der Waals surface area contributed by atoms with Gasteiger partial charge >= 0.3 is 18.2 Å². The van der Waals surface area contributed by atoms with Crippen LogP contribution in [0, 0.1) is 0 Å². The van der Waals surface area contributed by atoms with Crippen molar-refractivity contribution in [1.29, 1.82) is 0 Å². The Labute approximate surface area is 301 Å². The summed E-state index contributed by atoms with van der Waals surface area (Å²) in [5.74, 6) is 0.574. The van der Waals surface area contributed by atoms with Crippen LogP contribution < -0.4 is 24.3 Å². The van der Waals surface area contributed by atoms with Crippen LogP contribution in [0.25, 0.3) is 0 Å². The van der Waals surface area contributed by atoms with Gasteiger partial charge in [0.15, 0.2) is 0 Å². The van der Waals surface area contributed by atoms with E-state index in [0.717, 1.165) is 41.7 Å². The number of carboxylic acids is 1. The Morgan fingerprint density at radius 1 is 0.673 bits per heavy atom. The molecule has 0 spiro atoms. The quantitative estimate of drug-likeness (QED) is 0.172. The van der Waals surface area contributed by atoms with E-state index in [-0.39, 0.29) is 12.2 Å². The lowest BCUT2D eigenvalue weighted by atomic mass is 10.1. The number of amides is 1. The minimum Gasteiger partial charge on any atom is -0.489 e. The summed E-state index contributed by atoms with van der Waals surface area (Å²) in [6, 6.07) is 35.6. The van der Waals surface area contributed by atoms with Gasteiger partial charge in [-0.15, -0.1) is 0 Å². The van der Waals surface area contributed by atoms with E-state index in [9.17, 15) is 18.0 Å². The summed E-state index contributed by atoms with van der Waals surface area (Å²) in [5, 5.41) is 10.3. The van der Waals surface area contributed by atoms with Crippen LogP contribution >= 0.6 is 0 Å². The molecule has 2 saturated heterocycles. The zero-order valence-electron chi connectivity index (χ0n) is 29.2. The van der Waals surface area contributed by atoms with Crippen LogP contribution in [0.15, 0.2) is 109 Å². The highest BCUT2D eigenvalue weighted by molar-refractivity contribution is 5.73. The molecule has 0 atom stereocenters. The Balaban J connectivity index is 0.000000203. The number of carboxylic acid groups (broad SMARTS) is 1. The molecule has 52 heavy (non-hydrogen) atoms. The molecule has 4 aromatic carbocycles. The number of hydrogen-bond acceptors (Lipinski definition) is 8. The summed E-state index contributed by atoms with van der Waals surface area (Å²) in [7, 11) is 0. The number of ether oxygens (including phenoxy) is 5. The summed E-state index contributed by atoms with van der Waals surface area (Å²) < 4.78 is 60.2. The number of alkyl halides is 3.